The Morgan fingerprint density at radius 1 is 1.16 bits per heavy atom. The summed E-state index contributed by atoms with van der Waals surface area (Å²) in [6.45, 7) is 10.9. The van der Waals surface area contributed by atoms with Gasteiger partial charge in [0.25, 0.3) is 0 Å². The third kappa shape index (κ3) is 4.98. The predicted octanol–water partition coefficient (Wildman–Crippen LogP) is 4.09. The van der Waals surface area contributed by atoms with Crippen LogP contribution in [0.4, 0.5) is 0 Å². The average Bonchev–Trinajstić information content (AvgIpc) is 2.86. The number of aromatic nitrogens is 2. The van der Waals surface area contributed by atoms with Crippen molar-refractivity contribution in [2.75, 3.05) is 6.54 Å². The zero-order valence-electron chi connectivity index (χ0n) is 13.2. The first-order valence-electron chi connectivity index (χ1n) is 8.06. The van der Waals surface area contributed by atoms with Crippen LogP contribution in [-0.2, 0) is 13.0 Å². The van der Waals surface area contributed by atoms with Gasteiger partial charge in [-0.3, -0.25) is 4.68 Å². The average molecular weight is 265 g/mol. The lowest BCUT2D eigenvalue weighted by Crippen LogP contribution is -2.24. The second-order valence-corrected chi connectivity index (χ2v) is 5.23. The maximum atomic E-state index is 4.68. The van der Waals surface area contributed by atoms with Crippen molar-refractivity contribution >= 4 is 0 Å². The van der Waals surface area contributed by atoms with Crippen molar-refractivity contribution in [2.24, 2.45) is 0 Å². The molecule has 110 valence electrons. The number of aryl methyl sites for hydroxylation is 2. The molecule has 1 rings (SSSR count). The number of unbranched alkanes of at least 4 members (excludes halogenated alkanes) is 2. The summed E-state index contributed by atoms with van der Waals surface area (Å²) in [5.41, 5.74) is 2.60. The molecule has 0 amide bonds. The highest BCUT2D eigenvalue weighted by molar-refractivity contribution is 5.14. The summed E-state index contributed by atoms with van der Waals surface area (Å²) in [4.78, 5) is 0. The predicted molar refractivity (Wildman–Crippen MR) is 82.5 cm³/mol. The van der Waals surface area contributed by atoms with E-state index in [2.05, 4.69) is 48.9 Å². The van der Waals surface area contributed by atoms with Gasteiger partial charge in [-0.15, -0.1) is 0 Å². The monoisotopic (exact) mass is 265 g/mol. The number of nitrogens with one attached hydrogen (secondary N) is 1. The standard InChI is InChI=1S/C16H31N3/c1-5-9-10-11-15(17-12-6-2)16-13-14(7-3)18-19(16)8-4/h13,15,17H,5-12H2,1-4H3. The molecule has 1 unspecified atom stereocenters. The molecule has 0 fully saturated rings. The van der Waals surface area contributed by atoms with Gasteiger partial charge in [0, 0.05) is 12.6 Å². The van der Waals surface area contributed by atoms with E-state index in [0.29, 0.717) is 6.04 Å². The number of rotatable bonds is 10. The van der Waals surface area contributed by atoms with E-state index in [1.807, 2.05) is 0 Å². The van der Waals surface area contributed by atoms with Crippen LogP contribution in [0.5, 0.6) is 0 Å². The fraction of sp³-hybridized carbons (Fsp3) is 0.812. The first kappa shape index (κ1) is 16.2. The van der Waals surface area contributed by atoms with Crippen molar-refractivity contribution in [3.8, 4) is 0 Å². The summed E-state index contributed by atoms with van der Waals surface area (Å²) < 4.78 is 2.18. The maximum Gasteiger partial charge on any atom is 0.0625 e. The normalized spacial score (nSPS) is 12.8. The Labute approximate surface area is 118 Å². The van der Waals surface area contributed by atoms with Gasteiger partial charge in [0.2, 0.25) is 0 Å². The molecule has 1 atom stereocenters. The lowest BCUT2D eigenvalue weighted by atomic mass is 10.0. The largest absolute Gasteiger partial charge is 0.309 e. The molecule has 0 saturated heterocycles. The van der Waals surface area contributed by atoms with Gasteiger partial charge < -0.3 is 5.32 Å². The van der Waals surface area contributed by atoms with E-state index < -0.39 is 0 Å². The molecule has 0 aliphatic carbocycles. The Balaban J connectivity index is 2.78. The van der Waals surface area contributed by atoms with Crippen molar-refractivity contribution in [3.63, 3.8) is 0 Å². The van der Waals surface area contributed by atoms with Crippen LogP contribution in [-0.4, -0.2) is 16.3 Å². The van der Waals surface area contributed by atoms with Crippen molar-refractivity contribution in [1.29, 1.82) is 0 Å². The van der Waals surface area contributed by atoms with Crippen LogP contribution in [0.25, 0.3) is 0 Å². The molecule has 1 N–H and O–H groups in total. The van der Waals surface area contributed by atoms with E-state index in [-0.39, 0.29) is 0 Å². The zero-order chi connectivity index (χ0) is 14.1. The fourth-order valence-electron chi connectivity index (χ4n) is 2.46. The lowest BCUT2D eigenvalue weighted by molar-refractivity contribution is 0.439. The highest BCUT2D eigenvalue weighted by Gasteiger charge is 2.16. The van der Waals surface area contributed by atoms with Crippen LogP contribution < -0.4 is 5.32 Å². The first-order valence-corrected chi connectivity index (χ1v) is 8.06. The van der Waals surface area contributed by atoms with Gasteiger partial charge in [-0.2, -0.15) is 5.10 Å². The molecular formula is C16H31N3. The molecule has 0 aromatic carbocycles. The lowest BCUT2D eigenvalue weighted by Gasteiger charge is -2.19. The smallest absolute Gasteiger partial charge is 0.0625 e. The maximum absolute atomic E-state index is 4.68. The van der Waals surface area contributed by atoms with Crippen molar-refractivity contribution in [3.05, 3.63) is 17.5 Å². The molecule has 0 saturated carbocycles. The van der Waals surface area contributed by atoms with E-state index in [0.717, 1.165) is 19.5 Å². The van der Waals surface area contributed by atoms with E-state index in [9.17, 15) is 0 Å². The Kier molecular flexibility index (Phi) is 7.80. The zero-order valence-corrected chi connectivity index (χ0v) is 13.2. The highest BCUT2D eigenvalue weighted by atomic mass is 15.3. The Morgan fingerprint density at radius 3 is 2.53 bits per heavy atom. The van der Waals surface area contributed by atoms with E-state index in [1.165, 1.54) is 43.5 Å². The number of hydrogen-bond donors (Lipinski definition) is 1. The van der Waals surface area contributed by atoms with E-state index in [1.54, 1.807) is 0 Å². The Bertz CT molecular complexity index is 344. The van der Waals surface area contributed by atoms with Crippen LogP contribution >= 0.6 is 0 Å². The Hall–Kier alpha value is -0.830. The van der Waals surface area contributed by atoms with Crippen molar-refractivity contribution in [1.82, 2.24) is 15.1 Å². The van der Waals surface area contributed by atoms with Gasteiger partial charge in [0.1, 0.15) is 0 Å². The molecule has 0 aliphatic heterocycles. The van der Waals surface area contributed by atoms with Gasteiger partial charge in [0.15, 0.2) is 0 Å². The van der Waals surface area contributed by atoms with E-state index >= 15 is 0 Å². The SMILES string of the molecule is CCCCCC(NCCC)c1cc(CC)nn1CC. The number of hydrogen-bond acceptors (Lipinski definition) is 2. The molecule has 1 aromatic heterocycles. The minimum Gasteiger partial charge on any atom is -0.309 e. The molecule has 1 heterocycles. The quantitative estimate of drug-likeness (QED) is 0.646. The third-order valence-electron chi connectivity index (χ3n) is 3.62. The third-order valence-corrected chi connectivity index (χ3v) is 3.62. The van der Waals surface area contributed by atoms with Gasteiger partial charge in [-0.1, -0.05) is 40.0 Å². The summed E-state index contributed by atoms with van der Waals surface area (Å²) in [5.74, 6) is 0. The first-order chi connectivity index (χ1) is 9.26. The van der Waals surface area contributed by atoms with Crippen LogP contribution in [0.1, 0.15) is 77.2 Å². The minimum atomic E-state index is 0.472. The van der Waals surface area contributed by atoms with Gasteiger partial charge >= 0.3 is 0 Å². The molecule has 0 spiro atoms. The second kappa shape index (κ2) is 9.13. The second-order valence-electron chi connectivity index (χ2n) is 5.23. The summed E-state index contributed by atoms with van der Waals surface area (Å²) >= 11 is 0. The highest BCUT2D eigenvalue weighted by Crippen LogP contribution is 2.21. The molecule has 3 nitrogen and oxygen atoms in total. The number of nitrogens with zero attached hydrogens (tertiary/aromatic N) is 2. The van der Waals surface area contributed by atoms with E-state index in [4.69, 9.17) is 0 Å². The Morgan fingerprint density at radius 2 is 1.95 bits per heavy atom. The van der Waals surface area contributed by atoms with Crippen molar-refractivity contribution in [2.45, 2.75) is 78.8 Å². The van der Waals surface area contributed by atoms with Crippen LogP contribution in [0.3, 0.4) is 0 Å². The molecule has 19 heavy (non-hydrogen) atoms. The minimum absolute atomic E-state index is 0.472. The molecule has 0 aliphatic rings. The topological polar surface area (TPSA) is 29.9 Å². The van der Waals surface area contributed by atoms with Crippen LogP contribution in [0.2, 0.25) is 0 Å². The van der Waals surface area contributed by atoms with Crippen LogP contribution in [0, 0.1) is 0 Å². The molecule has 1 aromatic rings. The summed E-state index contributed by atoms with van der Waals surface area (Å²) in [6.07, 6.45) is 7.34. The van der Waals surface area contributed by atoms with Crippen molar-refractivity contribution < 1.29 is 0 Å². The molecule has 3 heteroatoms. The van der Waals surface area contributed by atoms with Gasteiger partial charge in [-0.25, -0.2) is 0 Å². The summed E-state index contributed by atoms with van der Waals surface area (Å²) in [7, 11) is 0. The molecular weight excluding hydrogens is 234 g/mol. The van der Waals surface area contributed by atoms with Crippen LogP contribution in [0.15, 0.2) is 6.07 Å². The molecule has 0 bridgehead atoms. The molecule has 0 radical (unpaired) electrons. The summed E-state index contributed by atoms with van der Waals surface area (Å²) in [5, 5.41) is 8.38. The van der Waals surface area contributed by atoms with Gasteiger partial charge in [-0.05, 0) is 38.8 Å². The fourth-order valence-corrected chi connectivity index (χ4v) is 2.46. The van der Waals surface area contributed by atoms with Gasteiger partial charge in [0.05, 0.1) is 11.4 Å². The summed E-state index contributed by atoms with van der Waals surface area (Å²) in [6, 6.07) is 2.77.